The number of benzene rings is 2. The molecule has 0 bridgehead atoms. The van der Waals surface area contributed by atoms with E-state index in [9.17, 15) is 9.59 Å². The summed E-state index contributed by atoms with van der Waals surface area (Å²) in [6.45, 7) is 1.97. The van der Waals surface area contributed by atoms with Crippen molar-refractivity contribution in [1.82, 2.24) is 0 Å². The SMILES string of the molecule is Cc1ccc(C(=O)C[C@H]2Nc3ccccc3NC2=O)cc1. The number of fused-ring (bicyclic) bond motifs is 1. The first-order valence-corrected chi connectivity index (χ1v) is 6.90. The molecule has 4 heteroatoms. The molecule has 21 heavy (non-hydrogen) atoms. The van der Waals surface area contributed by atoms with Crippen molar-refractivity contribution in [3.8, 4) is 0 Å². The maximum absolute atomic E-state index is 12.3. The highest BCUT2D eigenvalue weighted by molar-refractivity contribution is 6.07. The molecule has 0 spiro atoms. The number of carbonyl (C=O) groups excluding carboxylic acids is 2. The minimum atomic E-state index is -0.534. The minimum absolute atomic E-state index is 0.0398. The van der Waals surface area contributed by atoms with Crippen molar-refractivity contribution in [2.24, 2.45) is 0 Å². The van der Waals surface area contributed by atoms with Crippen LogP contribution in [0.1, 0.15) is 22.3 Å². The number of aryl methyl sites for hydroxylation is 1. The molecular weight excluding hydrogens is 264 g/mol. The van der Waals surface area contributed by atoms with Gasteiger partial charge in [-0.1, -0.05) is 42.0 Å². The van der Waals surface area contributed by atoms with Crippen LogP contribution in [0.15, 0.2) is 48.5 Å². The first-order chi connectivity index (χ1) is 10.1. The highest BCUT2D eigenvalue weighted by Crippen LogP contribution is 2.27. The van der Waals surface area contributed by atoms with E-state index in [4.69, 9.17) is 0 Å². The summed E-state index contributed by atoms with van der Waals surface area (Å²) in [5, 5.41) is 5.95. The lowest BCUT2D eigenvalue weighted by Crippen LogP contribution is -2.40. The van der Waals surface area contributed by atoms with Gasteiger partial charge in [-0.3, -0.25) is 9.59 Å². The molecule has 1 amide bonds. The molecule has 1 aliphatic heterocycles. The topological polar surface area (TPSA) is 58.2 Å². The Morgan fingerprint density at radius 3 is 2.43 bits per heavy atom. The van der Waals surface area contributed by atoms with Crippen LogP contribution >= 0.6 is 0 Å². The summed E-state index contributed by atoms with van der Waals surface area (Å²) in [5.41, 5.74) is 3.34. The summed E-state index contributed by atoms with van der Waals surface area (Å²) < 4.78 is 0. The van der Waals surface area contributed by atoms with Gasteiger partial charge in [-0.15, -0.1) is 0 Å². The van der Waals surface area contributed by atoms with Crippen LogP contribution in [0.3, 0.4) is 0 Å². The number of carbonyl (C=O) groups is 2. The zero-order chi connectivity index (χ0) is 14.8. The zero-order valence-electron chi connectivity index (χ0n) is 11.7. The van der Waals surface area contributed by atoms with Crippen molar-refractivity contribution in [2.75, 3.05) is 10.6 Å². The normalized spacial score (nSPS) is 16.6. The first kappa shape index (κ1) is 13.4. The third-order valence-electron chi connectivity index (χ3n) is 3.59. The van der Waals surface area contributed by atoms with Gasteiger partial charge in [-0.2, -0.15) is 0 Å². The number of rotatable bonds is 3. The monoisotopic (exact) mass is 280 g/mol. The fraction of sp³-hybridized carbons (Fsp3) is 0.176. The Kier molecular flexibility index (Phi) is 3.44. The minimum Gasteiger partial charge on any atom is -0.372 e. The van der Waals surface area contributed by atoms with Crippen LogP contribution in [-0.4, -0.2) is 17.7 Å². The standard InChI is InChI=1S/C17H16N2O2/c1-11-6-8-12(9-7-11)16(20)10-15-17(21)19-14-5-3-2-4-13(14)18-15/h2-9,15,18H,10H2,1H3,(H,19,21)/t15-/m1/s1. The molecule has 1 aliphatic rings. The second-order valence-electron chi connectivity index (χ2n) is 5.23. The van der Waals surface area contributed by atoms with Crippen LogP contribution in [-0.2, 0) is 4.79 Å². The van der Waals surface area contributed by atoms with Gasteiger partial charge in [0, 0.05) is 12.0 Å². The molecule has 0 radical (unpaired) electrons. The summed E-state index contributed by atoms with van der Waals surface area (Å²) in [4.78, 5) is 24.3. The number of nitrogens with one attached hydrogen (secondary N) is 2. The number of hydrogen-bond acceptors (Lipinski definition) is 3. The fourth-order valence-electron chi connectivity index (χ4n) is 2.38. The molecule has 0 fully saturated rings. The predicted octanol–water partition coefficient (Wildman–Crippen LogP) is 3.00. The molecule has 0 saturated carbocycles. The lowest BCUT2D eigenvalue weighted by atomic mass is 10.0. The van der Waals surface area contributed by atoms with E-state index >= 15 is 0 Å². The summed E-state index contributed by atoms with van der Waals surface area (Å²) in [7, 11) is 0. The Bertz CT molecular complexity index is 692. The number of Topliss-reactive ketones (excluding diaryl/α,β-unsaturated/α-hetero) is 1. The van der Waals surface area contributed by atoms with Gasteiger partial charge in [0.15, 0.2) is 5.78 Å². The molecule has 1 atom stereocenters. The van der Waals surface area contributed by atoms with Gasteiger partial charge in [0.2, 0.25) is 5.91 Å². The third kappa shape index (κ3) is 2.79. The van der Waals surface area contributed by atoms with E-state index in [-0.39, 0.29) is 18.1 Å². The average Bonchev–Trinajstić information content (AvgIpc) is 2.48. The van der Waals surface area contributed by atoms with E-state index in [2.05, 4.69) is 10.6 Å². The largest absolute Gasteiger partial charge is 0.372 e. The van der Waals surface area contributed by atoms with Gasteiger partial charge in [-0.25, -0.2) is 0 Å². The van der Waals surface area contributed by atoms with Gasteiger partial charge in [-0.05, 0) is 19.1 Å². The molecule has 0 aromatic heterocycles. The van der Waals surface area contributed by atoms with Crippen molar-refractivity contribution in [2.45, 2.75) is 19.4 Å². The van der Waals surface area contributed by atoms with Gasteiger partial charge in [0.1, 0.15) is 6.04 Å². The number of hydrogen-bond donors (Lipinski definition) is 2. The van der Waals surface area contributed by atoms with Crippen LogP contribution < -0.4 is 10.6 Å². The molecule has 1 heterocycles. The van der Waals surface area contributed by atoms with Gasteiger partial charge in [0.05, 0.1) is 11.4 Å². The third-order valence-corrected chi connectivity index (χ3v) is 3.59. The Labute approximate surface area is 123 Å². The van der Waals surface area contributed by atoms with Gasteiger partial charge in [0.25, 0.3) is 0 Å². The second kappa shape index (κ2) is 5.40. The van der Waals surface area contributed by atoms with E-state index in [1.165, 1.54) is 0 Å². The van der Waals surface area contributed by atoms with Crippen molar-refractivity contribution in [3.05, 3.63) is 59.7 Å². The van der Waals surface area contributed by atoms with Crippen molar-refractivity contribution >= 4 is 23.1 Å². The molecule has 0 saturated heterocycles. The first-order valence-electron chi connectivity index (χ1n) is 6.90. The van der Waals surface area contributed by atoms with Crippen molar-refractivity contribution in [1.29, 1.82) is 0 Å². The summed E-state index contributed by atoms with van der Waals surface area (Å²) in [5.74, 6) is -0.212. The zero-order valence-corrected chi connectivity index (χ0v) is 11.7. The van der Waals surface area contributed by atoms with E-state index in [1.54, 1.807) is 12.1 Å². The Hall–Kier alpha value is -2.62. The lowest BCUT2D eigenvalue weighted by Gasteiger charge is -2.26. The maximum atomic E-state index is 12.3. The molecule has 2 N–H and O–H groups in total. The summed E-state index contributed by atoms with van der Waals surface area (Å²) in [6.07, 6.45) is 0.142. The van der Waals surface area contributed by atoms with E-state index in [0.717, 1.165) is 16.9 Å². The Morgan fingerprint density at radius 2 is 1.71 bits per heavy atom. The number of anilines is 2. The van der Waals surface area contributed by atoms with Crippen LogP contribution in [0.4, 0.5) is 11.4 Å². The number of amides is 1. The average molecular weight is 280 g/mol. The number of para-hydroxylation sites is 2. The van der Waals surface area contributed by atoms with Crippen molar-refractivity contribution in [3.63, 3.8) is 0 Å². The molecule has 3 rings (SSSR count). The van der Waals surface area contributed by atoms with E-state index in [1.807, 2.05) is 43.3 Å². The molecule has 2 aromatic carbocycles. The summed E-state index contributed by atoms with van der Waals surface area (Å²) >= 11 is 0. The van der Waals surface area contributed by atoms with Gasteiger partial charge < -0.3 is 10.6 Å². The quantitative estimate of drug-likeness (QED) is 0.850. The molecule has 106 valence electrons. The van der Waals surface area contributed by atoms with Crippen LogP contribution in [0.25, 0.3) is 0 Å². The lowest BCUT2D eigenvalue weighted by molar-refractivity contribution is -0.117. The van der Waals surface area contributed by atoms with Gasteiger partial charge >= 0.3 is 0 Å². The molecule has 0 aliphatic carbocycles. The van der Waals surface area contributed by atoms with Crippen LogP contribution in [0.5, 0.6) is 0 Å². The Morgan fingerprint density at radius 1 is 1.05 bits per heavy atom. The Balaban J connectivity index is 1.75. The highest BCUT2D eigenvalue weighted by Gasteiger charge is 2.27. The molecule has 4 nitrogen and oxygen atoms in total. The van der Waals surface area contributed by atoms with E-state index in [0.29, 0.717) is 5.56 Å². The molecule has 2 aromatic rings. The highest BCUT2D eigenvalue weighted by atomic mass is 16.2. The maximum Gasteiger partial charge on any atom is 0.247 e. The van der Waals surface area contributed by atoms with Crippen molar-refractivity contribution < 1.29 is 9.59 Å². The second-order valence-corrected chi connectivity index (χ2v) is 5.23. The van der Waals surface area contributed by atoms with Crippen LogP contribution in [0.2, 0.25) is 0 Å². The summed E-state index contributed by atoms with van der Waals surface area (Å²) in [6, 6.07) is 14.3. The van der Waals surface area contributed by atoms with Crippen LogP contribution in [0, 0.1) is 6.92 Å². The predicted molar refractivity (Wildman–Crippen MR) is 82.6 cm³/mol. The molecular formula is C17H16N2O2. The van der Waals surface area contributed by atoms with E-state index < -0.39 is 6.04 Å². The fourth-order valence-corrected chi connectivity index (χ4v) is 2.38. The molecule has 0 unspecified atom stereocenters. The smallest absolute Gasteiger partial charge is 0.247 e. The number of ketones is 1.